The minimum Gasteiger partial charge on any atom is -0.390 e. The Hall–Kier alpha value is -0.0400. The molecule has 0 aromatic rings. The van der Waals surface area contributed by atoms with E-state index in [1.165, 1.54) is 25.7 Å². The first kappa shape index (κ1) is 14.0. The van der Waals surface area contributed by atoms with E-state index in [2.05, 4.69) is 27.7 Å². The largest absolute Gasteiger partial charge is 0.390 e. The van der Waals surface area contributed by atoms with Crippen LogP contribution in [0.15, 0.2) is 0 Å². The van der Waals surface area contributed by atoms with Gasteiger partial charge in [0.05, 0.1) is 5.60 Å². The van der Waals surface area contributed by atoms with Crippen molar-refractivity contribution in [2.75, 3.05) is 0 Å². The van der Waals surface area contributed by atoms with Crippen molar-refractivity contribution in [3.63, 3.8) is 0 Å². The normalized spacial score (nSPS) is 33.8. The molecule has 1 rings (SSSR count). The van der Waals surface area contributed by atoms with Crippen LogP contribution in [0, 0.1) is 17.8 Å². The molecule has 1 heteroatoms. The van der Waals surface area contributed by atoms with Crippen molar-refractivity contribution in [1.29, 1.82) is 0 Å². The highest BCUT2D eigenvalue weighted by atomic mass is 16.3. The highest BCUT2D eigenvalue weighted by molar-refractivity contribution is 4.85. The standard InChI is InChI=1S/C15H30O/c1-5-13(4)11-15(16)9-6-7-14(8-10-15)12(2)3/h12-14,16H,5-11H2,1-4H3. The van der Waals surface area contributed by atoms with Gasteiger partial charge in [0.15, 0.2) is 0 Å². The Labute approximate surface area is 102 Å². The van der Waals surface area contributed by atoms with E-state index in [1.54, 1.807) is 0 Å². The fraction of sp³-hybridized carbons (Fsp3) is 1.00. The fourth-order valence-corrected chi connectivity index (χ4v) is 3.08. The van der Waals surface area contributed by atoms with Crippen LogP contribution in [-0.4, -0.2) is 10.7 Å². The number of hydrogen-bond acceptors (Lipinski definition) is 1. The molecule has 16 heavy (non-hydrogen) atoms. The topological polar surface area (TPSA) is 20.2 Å². The Morgan fingerprint density at radius 2 is 1.88 bits per heavy atom. The van der Waals surface area contributed by atoms with E-state index in [-0.39, 0.29) is 5.60 Å². The smallest absolute Gasteiger partial charge is 0.0650 e. The van der Waals surface area contributed by atoms with E-state index in [4.69, 9.17) is 0 Å². The van der Waals surface area contributed by atoms with Crippen LogP contribution < -0.4 is 0 Å². The van der Waals surface area contributed by atoms with E-state index in [0.717, 1.165) is 31.1 Å². The Kier molecular flexibility index (Phi) is 5.30. The molecule has 3 atom stereocenters. The minimum absolute atomic E-state index is 0.348. The Morgan fingerprint density at radius 3 is 2.44 bits per heavy atom. The molecule has 0 aromatic heterocycles. The first-order valence-corrected chi connectivity index (χ1v) is 7.19. The average Bonchev–Trinajstić information content (AvgIpc) is 2.40. The van der Waals surface area contributed by atoms with E-state index in [9.17, 15) is 5.11 Å². The summed E-state index contributed by atoms with van der Waals surface area (Å²) in [6.45, 7) is 9.14. The summed E-state index contributed by atoms with van der Waals surface area (Å²) < 4.78 is 0. The lowest BCUT2D eigenvalue weighted by Crippen LogP contribution is -2.30. The maximum Gasteiger partial charge on any atom is 0.0650 e. The second kappa shape index (κ2) is 6.05. The minimum atomic E-state index is -0.348. The van der Waals surface area contributed by atoms with E-state index >= 15 is 0 Å². The number of aliphatic hydroxyl groups is 1. The van der Waals surface area contributed by atoms with Gasteiger partial charge in [-0.05, 0) is 43.4 Å². The molecule has 3 unspecified atom stereocenters. The monoisotopic (exact) mass is 226 g/mol. The van der Waals surface area contributed by atoms with Crippen LogP contribution in [0.5, 0.6) is 0 Å². The number of hydrogen-bond donors (Lipinski definition) is 1. The maximum atomic E-state index is 10.7. The second-order valence-corrected chi connectivity index (χ2v) is 6.38. The van der Waals surface area contributed by atoms with Crippen molar-refractivity contribution >= 4 is 0 Å². The molecule has 0 aliphatic heterocycles. The third kappa shape index (κ3) is 4.08. The van der Waals surface area contributed by atoms with Gasteiger partial charge in [0.25, 0.3) is 0 Å². The van der Waals surface area contributed by atoms with Crippen LogP contribution in [0.4, 0.5) is 0 Å². The summed E-state index contributed by atoms with van der Waals surface area (Å²) in [5, 5.41) is 10.7. The molecule has 1 aliphatic rings. The zero-order chi connectivity index (χ0) is 12.2. The quantitative estimate of drug-likeness (QED) is 0.705. The first-order chi connectivity index (χ1) is 7.47. The number of rotatable bonds is 4. The lowest BCUT2D eigenvalue weighted by atomic mass is 9.83. The van der Waals surface area contributed by atoms with Gasteiger partial charge in [-0.25, -0.2) is 0 Å². The summed E-state index contributed by atoms with van der Waals surface area (Å²) in [6, 6.07) is 0. The average molecular weight is 226 g/mol. The molecular formula is C15H30O. The predicted octanol–water partition coefficient (Wildman–Crippen LogP) is 4.39. The molecule has 1 saturated carbocycles. The van der Waals surface area contributed by atoms with Crippen LogP contribution in [0.25, 0.3) is 0 Å². The molecule has 0 spiro atoms. The van der Waals surface area contributed by atoms with Crippen LogP contribution in [0.1, 0.15) is 72.6 Å². The fourth-order valence-electron chi connectivity index (χ4n) is 3.08. The van der Waals surface area contributed by atoms with Gasteiger partial charge in [0, 0.05) is 0 Å². The molecule has 0 saturated heterocycles. The molecular weight excluding hydrogens is 196 g/mol. The van der Waals surface area contributed by atoms with Crippen molar-refractivity contribution in [2.45, 2.75) is 78.2 Å². The van der Waals surface area contributed by atoms with Crippen molar-refractivity contribution in [3.05, 3.63) is 0 Å². The van der Waals surface area contributed by atoms with Gasteiger partial charge in [-0.3, -0.25) is 0 Å². The molecule has 0 aromatic carbocycles. The van der Waals surface area contributed by atoms with Gasteiger partial charge in [-0.1, -0.05) is 47.0 Å². The second-order valence-electron chi connectivity index (χ2n) is 6.38. The van der Waals surface area contributed by atoms with Crippen LogP contribution >= 0.6 is 0 Å². The van der Waals surface area contributed by atoms with Gasteiger partial charge in [0.2, 0.25) is 0 Å². The first-order valence-electron chi connectivity index (χ1n) is 7.19. The van der Waals surface area contributed by atoms with Crippen molar-refractivity contribution in [2.24, 2.45) is 17.8 Å². The van der Waals surface area contributed by atoms with E-state index < -0.39 is 0 Å². The highest BCUT2D eigenvalue weighted by Gasteiger charge is 2.32. The zero-order valence-corrected chi connectivity index (χ0v) is 11.6. The molecule has 1 N–H and O–H groups in total. The van der Waals surface area contributed by atoms with Gasteiger partial charge in [0.1, 0.15) is 0 Å². The van der Waals surface area contributed by atoms with Gasteiger partial charge in [-0.15, -0.1) is 0 Å². The summed E-state index contributed by atoms with van der Waals surface area (Å²) in [6.07, 6.45) is 8.02. The SMILES string of the molecule is CCC(C)CC1(O)CCCC(C(C)C)CC1. The zero-order valence-electron chi connectivity index (χ0n) is 11.6. The van der Waals surface area contributed by atoms with Crippen LogP contribution in [-0.2, 0) is 0 Å². The van der Waals surface area contributed by atoms with E-state index in [1.807, 2.05) is 0 Å². The van der Waals surface area contributed by atoms with Crippen molar-refractivity contribution in [3.8, 4) is 0 Å². The molecule has 0 radical (unpaired) electrons. The lowest BCUT2D eigenvalue weighted by molar-refractivity contribution is 0.00145. The predicted molar refractivity (Wildman–Crippen MR) is 70.4 cm³/mol. The van der Waals surface area contributed by atoms with Gasteiger partial charge < -0.3 is 5.11 Å². The van der Waals surface area contributed by atoms with Gasteiger partial charge >= 0.3 is 0 Å². The summed E-state index contributed by atoms with van der Waals surface area (Å²) in [5.41, 5.74) is -0.348. The van der Waals surface area contributed by atoms with E-state index in [0.29, 0.717) is 5.92 Å². The van der Waals surface area contributed by atoms with Crippen LogP contribution in [0.3, 0.4) is 0 Å². The Bertz CT molecular complexity index is 200. The third-order valence-corrected chi connectivity index (χ3v) is 4.57. The molecule has 1 fully saturated rings. The lowest BCUT2D eigenvalue weighted by Gasteiger charge is -2.29. The summed E-state index contributed by atoms with van der Waals surface area (Å²) in [7, 11) is 0. The summed E-state index contributed by atoms with van der Waals surface area (Å²) in [5.74, 6) is 2.29. The summed E-state index contributed by atoms with van der Waals surface area (Å²) in [4.78, 5) is 0. The summed E-state index contributed by atoms with van der Waals surface area (Å²) >= 11 is 0. The highest BCUT2D eigenvalue weighted by Crippen LogP contribution is 2.37. The molecule has 0 amide bonds. The van der Waals surface area contributed by atoms with Gasteiger partial charge in [-0.2, -0.15) is 0 Å². The van der Waals surface area contributed by atoms with Crippen LogP contribution in [0.2, 0.25) is 0 Å². The molecule has 0 heterocycles. The molecule has 1 aliphatic carbocycles. The maximum absolute atomic E-state index is 10.7. The van der Waals surface area contributed by atoms with Crippen molar-refractivity contribution in [1.82, 2.24) is 0 Å². The van der Waals surface area contributed by atoms with Crippen molar-refractivity contribution < 1.29 is 5.11 Å². The molecule has 0 bridgehead atoms. The third-order valence-electron chi connectivity index (χ3n) is 4.57. The molecule has 1 nitrogen and oxygen atoms in total. The Morgan fingerprint density at radius 1 is 1.19 bits per heavy atom. The molecule has 96 valence electrons. The Balaban J connectivity index is 2.50.